The van der Waals surface area contributed by atoms with Crippen LogP contribution in [0.5, 0.6) is 0 Å². The van der Waals surface area contributed by atoms with Crippen molar-refractivity contribution >= 4 is 29.2 Å². The summed E-state index contributed by atoms with van der Waals surface area (Å²) in [6.45, 7) is 1.89. The van der Waals surface area contributed by atoms with Crippen LogP contribution in [0.25, 0.3) is 0 Å². The lowest BCUT2D eigenvalue weighted by molar-refractivity contribution is -0.130. The van der Waals surface area contributed by atoms with Gasteiger partial charge in [0.05, 0.1) is 0 Å². The molecule has 0 radical (unpaired) electrons. The van der Waals surface area contributed by atoms with Crippen LogP contribution in [0.2, 0.25) is 0 Å². The minimum Gasteiger partial charge on any atom is -0.472 e. The van der Waals surface area contributed by atoms with E-state index in [0.717, 1.165) is 0 Å². The molecule has 1 aliphatic rings. The molecule has 0 bridgehead atoms. The number of carboxylic acids is 1. The highest BCUT2D eigenvalue weighted by molar-refractivity contribution is 6.51. The van der Waals surface area contributed by atoms with Gasteiger partial charge in [0.25, 0.3) is 0 Å². The van der Waals surface area contributed by atoms with Crippen molar-refractivity contribution < 1.29 is 9.90 Å². The predicted octanol–water partition coefficient (Wildman–Crippen LogP) is 2.05. The summed E-state index contributed by atoms with van der Waals surface area (Å²) in [6.07, 6.45) is 1.11. The van der Waals surface area contributed by atoms with E-state index >= 15 is 0 Å². The average Bonchev–Trinajstić information content (AvgIpc) is 2.30. The summed E-state index contributed by atoms with van der Waals surface area (Å²) < 4.78 is -0.708. The van der Waals surface area contributed by atoms with E-state index in [2.05, 4.69) is 5.92 Å². The Bertz CT molecular complexity index is 275. The van der Waals surface area contributed by atoms with Gasteiger partial charge in [0.1, 0.15) is 4.33 Å². The molecule has 1 unspecified atom stereocenters. The molecule has 1 N–H and O–H groups in total. The second-order valence-electron chi connectivity index (χ2n) is 3.23. The zero-order valence-electron chi connectivity index (χ0n) is 6.53. The molecule has 66 valence electrons. The van der Waals surface area contributed by atoms with Crippen molar-refractivity contribution in [2.24, 2.45) is 5.41 Å². The number of aliphatic carboxylic acids is 1. The highest BCUT2D eigenvalue weighted by Gasteiger charge is 2.62. The van der Waals surface area contributed by atoms with Gasteiger partial charge in [-0.25, -0.2) is 4.79 Å². The maximum absolute atomic E-state index is 10.0. The summed E-state index contributed by atoms with van der Waals surface area (Å²) in [5.41, 5.74) is -0.224. The van der Waals surface area contributed by atoms with Gasteiger partial charge in [-0.05, 0) is 6.42 Å². The normalized spacial score (nSPS) is 30.2. The van der Waals surface area contributed by atoms with E-state index in [9.17, 15) is 4.79 Å². The summed E-state index contributed by atoms with van der Waals surface area (Å²) in [4.78, 5) is 10.0. The van der Waals surface area contributed by atoms with Gasteiger partial charge in [0.2, 0.25) is 0 Å². The number of halogens is 2. The minimum atomic E-state index is -1.12. The van der Waals surface area contributed by atoms with Crippen molar-refractivity contribution in [3.8, 4) is 11.8 Å². The molecular formula is C8H8Cl2O2. The van der Waals surface area contributed by atoms with Gasteiger partial charge < -0.3 is 5.11 Å². The van der Waals surface area contributed by atoms with Gasteiger partial charge in [0, 0.05) is 17.8 Å². The van der Waals surface area contributed by atoms with Gasteiger partial charge in [-0.3, -0.25) is 0 Å². The summed E-state index contributed by atoms with van der Waals surface area (Å²) in [6, 6.07) is 0. The average molecular weight is 207 g/mol. The van der Waals surface area contributed by atoms with Crippen LogP contribution in [0, 0.1) is 17.3 Å². The molecule has 1 saturated carbocycles. The molecule has 0 saturated heterocycles. The second kappa shape index (κ2) is 2.83. The monoisotopic (exact) mass is 206 g/mol. The first-order valence-electron chi connectivity index (χ1n) is 3.47. The summed E-state index contributed by atoms with van der Waals surface area (Å²) in [5.74, 6) is 3.44. The van der Waals surface area contributed by atoms with Crippen LogP contribution in [0.4, 0.5) is 0 Å². The maximum Gasteiger partial charge on any atom is 0.381 e. The molecule has 0 aromatic rings. The van der Waals surface area contributed by atoms with Gasteiger partial charge in [-0.1, -0.05) is 12.8 Å². The smallest absolute Gasteiger partial charge is 0.381 e. The summed E-state index contributed by atoms with van der Waals surface area (Å²) in [7, 11) is 0. The molecule has 0 aromatic carbocycles. The van der Waals surface area contributed by atoms with E-state index in [1.54, 1.807) is 0 Å². The number of rotatable bonds is 1. The fraction of sp³-hybridized carbons (Fsp3) is 0.625. The largest absolute Gasteiger partial charge is 0.472 e. The first-order valence-corrected chi connectivity index (χ1v) is 4.23. The highest BCUT2D eigenvalue weighted by atomic mass is 35.5. The minimum absolute atomic E-state index is 0.224. The zero-order valence-corrected chi connectivity index (χ0v) is 8.04. The fourth-order valence-corrected chi connectivity index (χ4v) is 1.68. The number of carboxylic acid groups (broad SMARTS) is 1. The zero-order chi connectivity index (χ0) is 9.41. The van der Waals surface area contributed by atoms with Crippen LogP contribution in [-0.4, -0.2) is 15.4 Å². The molecule has 0 aromatic heterocycles. The maximum atomic E-state index is 10.0. The molecule has 1 atom stereocenters. The number of hydrogen-bond acceptors (Lipinski definition) is 1. The number of hydrogen-bond donors (Lipinski definition) is 1. The lowest BCUT2D eigenvalue weighted by Crippen LogP contribution is -2.02. The standard InChI is InChI=1S/C8H8Cl2O2/c1-7(5-8(7,9)10)4-2-3-6(11)12/h4-5H2,1H3,(H,11,12). The quantitative estimate of drug-likeness (QED) is 0.527. The Kier molecular flexibility index (Phi) is 2.29. The van der Waals surface area contributed by atoms with Crippen LogP contribution in [0.15, 0.2) is 0 Å². The van der Waals surface area contributed by atoms with Gasteiger partial charge in [-0.15, -0.1) is 23.2 Å². The van der Waals surface area contributed by atoms with Crippen LogP contribution in [0.3, 0.4) is 0 Å². The summed E-state index contributed by atoms with van der Waals surface area (Å²) in [5, 5.41) is 8.22. The van der Waals surface area contributed by atoms with Crippen LogP contribution in [-0.2, 0) is 4.79 Å². The molecule has 12 heavy (non-hydrogen) atoms. The highest BCUT2D eigenvalue weighted by Crippen LogP contribution is 2.65. The van der Waals surface area contributed by atoms with Crippen molar-refractivity contribution in [1.29, 1.82) is 0 Å². The third-order valence-electron chi connectivity index (χ3n) is 2.04. The third-order valence-corrected chi connectivity index (χ3v) is 3.22. The molecule has 1 rings (SSSR count). The Balaban J connectivity index is 2.47. The molecule has 1 aliphatic carbocycles. The molecule has 1 fully saturated rings. The van der Waals surface area contributed by atoms with E-state index in [4.69, 9.17) is 28.3 Å². The Morgan fingerprint density at radius 2 is 2.17 bits per heavy atom. The number of carbonyl (C=O) groups is 1. The SMILES string of the molecule is CC1(CC#CC(=O)O)CC1(Cl)Cl. The van der Waals surface area contributed by atoms with Crippen LogP contribution in [0.1, 0.15) is 19.8 Å². The Labute approximate surface area is 80.8 Å². The first-order chi connectivity index (χ1) is 5.37. The van der Waals surface area contributed by atoms with Crippen LogP contribution < -0.4 is 0 Å². The first kappa shape index (κ1) is 9.70. The Morgan fingerprint density at radius 3 is 2.50 bits per heavy atom. The van der Waals surface area contributed by atoms with E-state index in [0.29, 0.717) is 12.8 Å². The fourth-order valence-electron chi connectivity index (χ4n) is 0.953. The lowest BCUT2D eigenvalue weighted by Gasteiger charge is -2.05. The van der Waals surface area contributed by atoms with E-state index in [-0.39, 0.29) is 5.41 Å². The Morgan fingerprint density at radius 1 is 1.67 bits per heavy atom. The number of alkyl halides is 2. The third kappa shape index (κ3) is 1.85. The molecule has 0 heterocycles. The summed E-state index contributed by atoms with van der Waals surface area (Å²) >= 11 is 11.6. The van der Waals surface area contributed by atoms with Crippen LogP contribution >= 0.6 is 23.2 Å². The van der Waals surface area contributed by atoms with Gasteiger partial charge in [0.15, 0.2) is 0 Å². The van der Waals surface area contributed by atoms with Crippen molar-refractivity contribution in [2.75, 3.05) is 0 Å². The molecule has 4 heteroatoms. The van der Waals surface area contributed by atoms with Crippen molar-refractivity contribution in [3.05, 3.63) is 0 Å². The van der Waals surface area contributed by atoms with Crippen molar-refractivity contribution in [2.45, 2.75) is 24.1 Å². The van der Waals surface area contributed by atoms with Crippen molar-refractivity contribution in [3.63, 3.8) is 0 Å². The van der Waals surface area contributed by atoms with E-state index < -0.39 is 10.3 Å². The predicted molar refractivity (Wildman–Crippen MR) is 47.2 cm³/mol. The second-order valence-corrected chi connectivity index (χ2v) is 4.71. The van der Waals surface area contributed by atoms with E-state index in [1.807, 2.05) is 12.8 Å². The Hall–Kier alpha value is -0.390. The van der Waals surface area contributed by atoms with Gasteiger partial charge in [-0.2, -0.15) is 0 Å². The lowest BCUT2D eigenvalue weighted by atomic mass is 10.1. The van der Waals surface area contributed by atoms with Crippen molar-refractivity contribution in [1.82, 2.24) is 0 Å². The van der Waals surface area contributed by atoms with E-state index in [1.165, 1.54) is 0 Å². The van der Waals surface area contributed by atoms with Gasteiger partial charge >= 0.3 is 5.97 Å². The topological polar surface area (TPSA) is 37.3 Å². The molecule has 0 aliphatic heterocycles. The molecule has 0 spiro atoms. The molecule has 2 nitrogen and oxygen atoms in total. The molecular weight excluding hydrogens is 199 g/mol. The molecule has 0 amide bonds.